The molecule has 0 aliphatic heterocycles. The first-order valence-electron chi connectivity index (χ1n) is 18.5. The lowest BCUT2D eigenvalue weighted by Gasteiger charge is -2.18. The monoisotopic (exact) mass is 718 g/mol. The predicted molar refractivity (Wildman–Crippen MR) is 239 cm³/mol. The van der Waals surface area contributed by atoms with E-state index in [1.807, 2.05) is 22.7 Å². The number of fused-ring (bicyclic) bond motifs is 12. The molecule has 0 nitrogen and oxygen atoms in total. The van der Waals surface area contributed by atoms with Gasteiger partial charge in [0, 0.05) is 45.7 Å². The Kier molecular flexibility index (Phi) is 6.48. The molecule has 12 aromatic rings. The van der Waals surface area contributed by atoms with Gasteiger partial charge in [0.2, 0.25) is 0 Å². The second kappa shape index (κ2) is 11.6. The molecule has 10 aromatic carbocycles. The largest absolute Gasteiger partial charge is 0.135 e. The minimum atomic E-state index is 1.23. The highest BCUT2D eigenvalue weighted by atomic mass is 32.1. The SMILES string of the molecule is c1cc(-c2ccc3ccccc3c2)cc(-c2c3ccccc3c(-c3ccc4c(c3)sc3ccc5ccc6sc7ccccc7c6c5c34)c3ccccc23)c1. The van der Waals surface area contributed by atoms with Crippen molar-refractivity contribution < 1.29 is 0 Å². The highest BCUT2D eigenvalue weighted by Crippen LogP contribution is 2.48. The van der Waals surface area contributed by atoms with Crippen LogP contribution in [0.3, 0.4) is 0 Å². The van der Waals surface area contributed by atoms with Crippen molar-refractivity contribution in [2.45, 2.75) is 0 Å². The highest BCUT2D eigenvalue weighted by molar-refractivity contribution is 7.27. The lowest BCUT2D eigenvalue weighted by molar-refractivity contribution is 1.63. The summed E-state index contributed by atoms with van der Waals surface area (Å²) >= 11 is 3.81. The second-order valence-electron chi connectivity index (χ2n) is 14.4. The van der Waals surface area contributed by atoms with Gasteiger partial charge in [0.25, 0.3) is 0 Å². The molecular formula is C52H30S2. The van der Waals surface area contributed by atoms with Gasteiger partial charge in [0.05, 0.1) is 0 Å². The van der Waals surface area contributed by atoms with Crippen LogP contribution in [-0.2, 0) is 0 Å². The highest BCUT2D eigenvalue weighted by Gasteiger charge is 2.19. The maximum Gasteiger partial charge on any atom is 0.0362 e. The molecule has 0 bridgehead atoms. The summed E-state index contributed by atoms with van der Waals surface area (Å²) in [6.45, 7) is 0. The van der Waals surface area contributed by atoms with Crippen molar-refractivity contribution in [1.82, 2.24) is 0 Å². The summed E-state index contributed by atoms with van der Waals surface area (Å²) in [6.07, 6.45) is 0. The predicted octanol–water partition coefficient (Wildman–Crippen LogP) is 16.0. The van der Waals surface area contributed by atoms with E-state index in [-0.39, 0.29) is 0 Å². The zero-order chi connectivity index (χ0) is 35.3. The van der Waals surface area contributed by atoms with Crippen LogP contribution in [0.2, 0.25) is 0 Å². The van der Waals surface area contributed by atoms with Gasteiger partial charge >= 0.3 is 0 Å². The van der Waals surface area contributed by atoms with Crippen LogP contribution in [0.15, 0.2) is 182 Å². The molecule has 0 aliphatic carbocycles. The molecule has 0 spiro atoms. The van der Waals surface area contributed by atoms with E-state index >= 15 is 0 Å². The van der Waals surface area contributed by atoms with Crippen molar-refractivity contribution in [2.24, 2.45) is 0 Å². The van der Waals surface area contributed by atoms with Crippen LogP contribution in [-0.4, -0.2) is 0 Å². The molecule has 0 saturated carbocycles. The van der Waals surface area contributed by atoms with Gasteiger partial charge in [-0.15, -0.1) is 22.7 Å². The van der Waals surface area contributed by atoms with Crippen LogP contribution in [0.25, 0.3) is 117 Å². The Bertz CT molecular complexity index is 3450. The third-order valence-corrected chi connectivity index (χ3v) is 13.7. The maximum atomic E-state index is 2.45. The van der Waals surface area contributed by atoms with Crippen LogP contribution < -0.4 is 0 Å². The van der Waals surface area contributed by atoms with Gasteiger partial charge in [0.1, 0.15) is 0 Å². The normalized spacial score (nSPS) is 12.1. The van der Waals surface area contributed by atoms with Crippen molar-refractivity contribution in [1.29, 1.82) is 0 Å². The molecule has 12 rings (SSSR count). The Labute approximate surface area is 319 Å². The summed E-state index contributed by atoms with van der Waals surface area (Å²) in [4.78, 5) is 0. The molecule has 0 atom stereocenters. The van der Waals surface area contributed by atoms with Gasteiger partial charge in [-0.2, -0.15) is 0 Å². The van der Waals surface area contributed by atoms with E-state index in [9.17, 15) is 0 Å². The van der Waals surface area contributed by atoms with Crippen LogP contribution in [0.4, 0.5) is 0 Å². The smallest absolute Gasteiger partial charge is 0.0362 e. The minimum Gasteiger partial charge on any atom is -0.135 e. The Balaban J connectivity index is 1.08. The van der Waals surface area contributed by atoms with Gasteiger partial charge < -0.3 is 0 Å². The summed E-state index contributed by atoms with van der Waals surface area (Å²) < 4.78 is 5.37. The van der Waals surface area contributed by atoms with Crippen molar-refractivity contribution in [3.8, 4) is 33.4 Å². The fourth-order valence-electron chi connectivity index (χ4n) is 9.03. The zero-order valence-corrected chi connectivity index (χ0v) is 30.8. The number of hydrogen-bond acceptors (Lipinski definition) is 2. The molecule has 0 fully saturated rings. The van der Waals surface area contributed by atoms with Crippen LogP contribution in [0, 0.1) is 0 Å². The quantitative estimate of drug-likeness (QED) is 0.160. The molecular weight excluding hydrogens is 689 g/mol. The summed E-state index contributed by atoms with van der Waals surface area (Å²) in [7, 11) is 0. The Hall–Kier alpha value is -6.32. The van der Waals surface area contributed by atoms with Crippen molar-refractivity contribution in [3.05, 3.63) is 182 Å². The van der Waals surface area contributed by atoms with Crippen LogP contribution in [0.1, 0.15) is 0 Å². The minimum absolute atomic E-state index is 1.23. The molecule has 0 saturated heterocycles. The lowest BCUT2D eigenvalue weighted by atomic mass is 9.85. The lowest BCUT2D eigenvalue weighted by Crippen LogP contribution is -1.91. The van der Waals surface area contributed by atoms with E-state index in [1.165, 1.54) is 117 Å². The van der Waals surface area contributed by atoms with Crippen molar-refractivity contribution in [3.63, 3.8) is 0 Å². The van der Waals surface area contributed by atoms with Gasteiger partial charge in [-0.3, -0.25) is 0 Å². The Morgan fingerprint density at radius 1 is 0.241 bits per heavy atom. The van der Waals surface area contributed by atoms with Gasteiger partial charge in [0.15, 0.2) is 0 Å². The maximum absolute atomic E-state index is 2.45. The number of benzene rings is 10. The first-order valence-corrected chi connectivity index (χ1v) is 20.1. The second-order valence-corrected chi connectivity index (χ2v) is 16.5. The van der Waals surface area contributed by atoms with Crippen LogP contribution >= 0.6 is 22.7 Å². The molecule has 0 unspecified atom stereocenters. The molecule has 54 heavy (non-hydrogen) atoms. The molecule has 2 heteroatoms. The summed E-state index contributed by atoms with van der Waals surface area (Å²) in [5.41, 5.74) is 7.54. The molecule has 0 radical (unpaired) electrons. The first-order chi connectivity index (χ1) is 26.8. The number of thiophene rings is 2. The topological polar surface area (TPSA) is 0 Å². The third-order valence-electron chi connectivity index (χ3n) is 11.4. The average molecular weight is 719 g/mol. The molecule has 2 aromatic heterocycles. The average Bonchev–Trinajstić information content (AvgIpc) is 3.81. The van der Waals surface area contributed by atoms with E-state index in [2.05, 4.69) is 182 Å². The van der Waals surface area contributed by atoms with Crippen molar-refractivity contribution in [2.75, 3.05) is 0 Å². The summed E-state index contributed by atoms with van der Waals surface area (Å²) in [5, 5.41) is 15.8. The molecule has 0 amide bonds. The number of hydrogen-bond donors (Lipinski definition) is 0. The van der Waals surface area contributed by atoms with E-state index in [1.54, 1.807) is 0 Å². The van der Waals surface area contributed by atoms with Crippen LogP contribution in [0.5, 0.6) is 0 Å². The van der Waals surface area contributed by atoms with E-state index in [0.29, 0.717) is 0 Å². The van der Waals surface area contributed by atoms with Gasteiger partial charge in [-0.05, 0) is 107 Å². The number of rotatable bonds is 3. The Morgan fingerprint density at radius 3 is 1.44 bits per heavy atom. The molecule has 0 aliphatic rings. The van der Waals surface area contributed by atoms with E-state index in [4.69, 9.17) is 0 Å². The summed E-state index contributed by atoms with van der Waals surface area (Å²) in [6, 6.07) is 67.8. The zero-order valence-electron chi connectivity index (χ0n) is 29.1. The molecule has 0 N–H and O–H groups in total. The van der Waals surface area contributed by atoms with Gasteiger partial charge in [-0.25, -0.2) is 0 Å². The van der Waals surface area contributed by atoms with Crippen molar-refractivity contribution >= 4 is 106 Å². The Morgan fingerprint density at radius 2 is 0.741 bits per heavy atom. The molecule has 250 valence electrons. The first kappa shape index (κ1) is 30.2. The molecule has 2 heterocycles. The fourth-order valence-corrected chi connectivity index (χ4v) is 11.3. The summed E-state index contributed by atoms with van der Waals surface area (Å²) in [5.74, 6) is 0. The van der Waals surface area contributed by atoms with Gasteiger partial charge in [-0.1, -0.05) is 146 Å². The van der Waals surface area contributed by atoms with E-state index < -0.39 is 0 Å². The standard InChI is InChI=1S/C52H30S2/c1-2-11-33-28-35(21-20-31(33)10-1)34-12-9-13-36(29-34)48-38-14-3-5-16-40(38)49(41-17-6-4-15-39(41)48)37-22-25-43-47(30-37)54-46-27-24-32-23-26-45-51(50(32)52(43)46)42-18-7-8-19-44(42)53-45/h1-30H. The third kappa shape index (κ3) is 4.42. The fraction of sp³-hybridized carbons (Fsp3) is 0. The van der Waals surface area contributed by atoms with E-state index in [0.717, 1.165) is 0 Å².